The van der Waals surface area contributed by atoms with Crippen LogP contribution < -0.4 is 10.1 Å². The molecule has 0 bridgehead atoms. The summed E-state index contributed by atoms with van der Waals surface area (Å²) >= 11 is 0. The predicted octanol–water partition coefficient (Wildman–Crippen LogP) is 3.38. The van der Waals surface area contributed by atoms with E-state index in [1.165, 1.54) is 5.56 Å². The van der Waals surface area contributed by atoms with Crippen LogP contribution in [0.5, 0.6) is 5.75 Å². The van der Waals surface area contributed by atoms with Crippen molar-refractivity contribution in [3.05, 3.63) is 29.8 Å². The van der Waals surface area contributed by atoms with Gasteiger partial charge in [0.15, 0.2) is 0 Å². The SMILES string of the molecule is COC1CC(NCc2ccccc2OC(C)C)C1(C)C. The normalized spacial score (nSPS) is 24.5. The molecular weight excluding hydrogens is 250 g/mol. The Balaban J connectivity index is 1.95. The summed E-state index contributed by atoms with van der Waals surface area (Å²) in [5.74, 6) is 0.982. The Labute approximate surface area is 122 Å². The molecule has 2 atom stereocenters. The van der Waals surface area contributed by atoms with Crippen molar-refractivity contribution in [1.29, 1.82) is 0 Å². The number of para-hydroxylation sites is 1. The second kappa shape index (κ2) is 6.15. The third-order valence-electron chi connectivity index (χ3n) is 4.34. The molecule has 3 heteroatoms. The van der Waals surface area contributed by atoms with E-state index in [4.69, 9.17) is 9.47 Å². The lowest BCUT2D eigenvalue weighted by Crippen LogP contribution is -2.60. The fourth-order valence-corrected chi connectivity index (χ4v) is 2.88. The first kappa shape index (κ1) is 15.3. The van der Waals surface area contributed by atoms with Crippen molar-refractivity contribution >= 4 is 0 Å². The summed E-state index contributed by atoms with van der Waals surface area (Å²) in [6.45, 7) is 9.48. The van der Waals surface area contributed by atoms with Crippen LogP contribution in [-0.2, 0) is 11.3 Å². The number of ether oxygens (including phenoxy) is 2. The average molecular weight is 277 g/mol. The van der Waals surface area contributed by atoms with Gasteiger partial charge in [-0.25, -0.2) is 0 Å². The molecule has 0 heterocycles. The van der Waals surface area contributed by atoms with E-state index in [2.05, 4.69) is 45.1 Å². The van der Waals surface area contributed by atoms with E-state index in [-0.39, 0.29) is 11.5 Å². The van der Waals surface area contributed by atoms with Crippen molar-refractivity contribution < 1.29 is 9.47 Å². The van der Waals surface area contributed by atoms with Crippen LogP contribution in [0.15, 0.2) is 24.3 Å². The minimum atomic E-state index is 0.197. The highest BCUT2D eigenvalue weighted by atomic mass is 16.5. The summed E-state index contributed by atoms with van der Waals surface area (Å²) < 4.78 is 11.4. The highest BCUT2D eigenvalue weighted by Gasteiger charge is 2.48. The van der Waals surface area contributed by atoms with Gasteiger partial charge in [0.25, 0.3) is 0 Å². The summed E-state index contributed by atoms with van der Waals surface area (Å²) in [7, 11) is 1.80. The van der Waals surface area contributed by atoms with Gasteiger partial charge in [0.1, 0.15) is 5.75 Å². The van der Waals surface area contributed by atoms with Crippen LogP contribution >= 0.6 is 0 Å². The first-order chi connectivity index (χ1) is 9.45. The second-order valence-corrected chi connectivity index (χ2v) is 6.49. The Bertz CT molecular complexity index is 442. The van der Waals surface area contributed by atoms with E-state index >= 15 is 0 Å². The van der Waals surface area contributed by atoms with Gasteiger partial charge in [-0.1, -0.05) is 32.0 Å². The Morgan fingerprint density at radius 3 is 2.60 bits per heavy atom. The summed E-state index contributed by atoms with van der Waals surface area (Å²) in [4.78, 5) is 0. The van der Waals surface area contributed by atoms with E-state index in [0.29, 0.717) is 12.1 Å². The molecule has 1 fully saturated rings. The summed E-state index contributed by atoms with van der Waals surface area (Å²) in [6.07, 6.45) is 1.65. The molecule has 0 radical (unpaired) electrons. The maximum Gasteiger partial charge on any atom is 0.124 e. The van der Waals surface area contributed by atoms with Gasteiger partial charge in [-0.3, -0.25) is 0 Å². The van der Waals surface area contributed by atoms with Crippen LogP contribution in [0.4, 0.5) is 0 Å². The standard InChI is InChI=1S/C17H27NO2/c1-12(2)20-14-9-7-6-8-13(14)11-18-15-10-16(19-5)17(15,3)4/h6-9,12,15-16,18H,10-11H2,1-5H3. The van der Waals surface area contributed by atoms with Gasteiger partial charge in [0, 0.05) is 30.7 Å². The second-order valence-electron chi connectivity index (χ2n) is 6.49. The molecule has 2 unspecified atom stereocenters. The van der Waals surface area contributed by atoms with Gasteiger partial charge >= 0.3 is 0 Å². The number of methoxy groups -OCH3 is 1. The molecule has 1 aliphatic rings. The van der Waals surface area contributed by atoms with Gasteiger partial charge in [0.05, 0.1) is 12.2 Å². The molecule has 0 saturated heterocycles. The van der Waals surface area contributed by atoms with Crippen molar-refractivity contribution in [2.24, 2.45) is 5.41 Å². The molecule has 1 saturated carbocycles. The van der Waals surface area contributed by atoms with Gasteiger partial charge in [-0.15, -0.1) is 0 Å². The fourth-order valence-electron chi connectivity index (χ4n) is 2.88. The van der Waals surface area contributed by atoms with Gasteiger partial charge in [-0.2, -0.15) is 0 Å². The lowest BCUT2D eigenvalue weighted by molar-refractivity contribution is -0.0979. The minimum Gasteiger partial charge on any atom is -0.491 e. The van der Waals surface area contributed by atoms with Crippen molar-refractivity contribution in [2.75, 3.05) is 7.11 Å². The molecule has 112 valence electrons. The fraction of sp³-hybridized carbons (Fsp3) is 0.647. The molecule has 20 heavy (non-hydrogen) atoms. The Morgan fingerprint density at radius 1 is 1.30 bits per heavy atom. The maximum atomic E-state index is 5.86. The van der Waals surface area contributed by atoms with E-state index < -0.39 is 0 Å². The quantitative estimate of drug-likeness (QED) is 0.864. The lowest BCUT2D eigenvalue weighted by atomic mass is 9.64. The number of rotatable bonds is 6. The number of nitrogens with one attached hydrogen (secondary N) is 1. The van der Waals surface area contributed by atoms with Crippen molar-refractivity contribution in [3.8, 4) is 5.75 Å². The van der Waals surface area contributed by atoms with Crippen LogP contribution in [0.25, 0.3) is 0 Å². The van der Waals surface area contributed by atoms with Gasteiger partial charge < -0.3 is 14.8 Å². The average Bonchev–Trinajstić information content (AvgIpc) is 2.39. The lowest BCUT2D eigenvalue weighted by Gasteiger charge is -2.51. The van der Waals surface area contributed by atoms with Crippen LogP contribution in [0.2, 0.25) is 0 Å². The third-order valence-corrected chi connectivity index (χ3v) is 4.34. The van der Waals surface area contributed by atoms with E-state index in [1.54, 1.807) is 7.11 Å². The number of hydrogen-bond acceptors (Lipinski definition) is 3. The summed E-state index contributed by atoms with van der Waals surface area (Å²) in [5, 5.41) is 3.64. The molecule has 0 amide bonds. The van der Waals surface area contributed by atoms with E-state index in [1.807, 2.05) is 12.1 Å². The zero-order valence-electron chi connectivity index (χ0n) is 13.3. The van der Waals surface area contributed by atoms with Crippen LogP contribution in [-0.4, -0.2) is 25.4 Å². The van der Waals surface area contributed by atoms with Crippen LogP contribution in [0.3, 0.4) is 0 Å². The monoisotopic (exact) mass is 277 g/mol. The van der Waals surface area contributed by atoms with Crippen LogP contribution in [0.1, 0.15) is 39.7 Å². The third kappa shape index (κ3) is 3.15. The zero-order valence-corrected chi connectivity index (χ0v) is 13.3. The predicted molar refractivity (Wildman–Crippen MR) is 82.0 cm³/mol. The summed E-state index contributed by atoms with van der Waals surface area (Å²) in [5.41, 5.74) is 1.42. The molecule has 0 spiro atoms. The topological polar surface area (TPSA) is 30.5 Å². The Hall–Kier alpha value is -1.06. The number of benzene rings is 1. The molecule has 3 nitrogen and oxygen atoms in total. The Morgan fingerprint density at radius 2 is 2.00 bits per heavy atom. The summed E-state index contributed by atoms with van der Waals surface area (Å²) in [6, 6.07) is 8.76. The first-order valence-corrected chi connectivity index (χ1v) is 7.46. The molecule has 1 aliphatic carbocycles. The highest BCUT2D eigenvalue weighted by molar-refractivity contribution is 5.33. The minimum absolute atomic E-state index is 0.197. The Kier molecular flexibility index (Phi) is 4.71. The maximum absolute atomic E-state index is 5.86. The number of hydrogen-bond donors (Lipinski definition) is 1. The van der Waals surface area contributed by atoms with E-state index in [9.17, 15) is 0 Å². The molecule has 1 N–H and O–H groups in total. The molecule has 2 rings (SSSR count). The van der Waals surface area contributed by atoms with Crippen molar-refractivity contribution in [2.45, 2.75) is 58.9 Å². The van der Waals surface area contributed by atoms with Crippen molar-refractivity contribution in [3.63, 3.8) is 0 Å². The first-order valence-electron chi connectivity index (χ1n) is 7.46. The highest BCUT2D eigenvalue weighted by Crippen LogP contribution is 2.42. The largest absolute Gasteiger partial charge is 0.491 e. The molecule has 0 aliphatic heterocycles. The molecular formula is C17H27NO2. The zero-order chi connectivity index (χ0) is 14.8. The molecule has 1 aromatic carbocycles. The smallest absolute Gasteiger partial charge is 0.124 e. The molecule has 1 aromatic rings. The van der Waals surface area contributed by atoms with Crippen molar-refractivity contribution in [1.82, 2.24) is 5.32 Å². The van der Waals surface area contributed by atoms with E-state index in [0.717, 1.165) is 18.7 Å². The van der Waals surface area contributed by atoms with Gasteiger partial charge in [0.2, 0.25) is 0 Å². The van der Waals surface area contributed by atoms with Gasteiger partial charge in [-0.05, 0) is 26.3 Å². The van der Waals surface area contributed by atoms with Crippen LogP contribution in [0, 0.1) is 5.41 Å². The molecule has 0 aromatic heterocycles.